The Kier molecular flexibility index (Phi) is 4.62. The van der Waals surface area contributed by atoms with Gasteiger partial charge in [-0.15, -0.1) is 0 Å². The first-order valence-electron chi connectivity index (χ1n) is 5.69. The van der Waals surface area contributed by atoms with Gasteiger partial charge in [-0.3, -0.25) is 0 Å². The van der Waals surface area contributed by atoms with Gasteiger partial charge in [-0.25, -0.2) is 0 Å². The van der Waals surface area contributed by atoms with Crippen LogP contribution in [0, 0.1) is 0 Å². The molecule has 3 nitrogen and oxygen atoms in total. The molecule has 16 heavy (non-hydrogen) atoms. The Bertz CT molecular complexity index is 337. The maximum Gasteiger partial charge on any atom is 0.128 e. The van der Waals surface area contributed by atoms with E-state index in [-0.39, 0.29) is 12.1 Å². The molecule has 0 aliphatic carbocycles. The Morgan fingerprint density at radius 2 is 1.88 bits per heavy atom. The van der Waals surface area contributed by atoms with E-state index in [2.05, 4.69) is 6.92 Å². The van der Waals surface area contributed by atoms with E-state index in [0.29, 0.717) is 0 Å². The predicted octanol–water partition coefficient (Wildman–Crippen LogP) is 2.89. The van der Waals surface area contributed by atoms with E-state index >= 15 is 0 Å². The van der Waals surface area contributed by atoms with Gasteiger partial charge in [0.1, 0.15) is 11.5 Å². The van der Waals surface area contributed by atoms with E-state index in [1.807, 2.05) is 32.0 Å². The molecule has 1 aromatic rings. The monoisotopic (exact) mass is 223 g/mol. The third-order valence-corrected chi connectivity index (χ3v) is 2.60. The normalized spacial score (nSPS) is 14.3. The maximum atomic E-state index is 5.95. The van der Waals surface area contributed by atoms with Crippen molar-refractivity contribution in [2.75, 3.05) is 7.11 Å². The lowest BCUT2D eigenvalue weighted by atomic mass is 10.1. The fourth-order valence-corrected chi connectivity index (χ4v) is 1.55. The summed E-state index contributed by atoms with van der Waals surface area (Å²) in [4.78, 5) is 0. The number of rotatable bonds is 5. The number of ether oxygens (including phenoxy) is 2. The first kappa shape index (κ1) is 12.8. The Hall–Kier alpha value is -1.22. The minimum Gasteiger partial charge on any atom is -0.496 e. The van der Waals surface area contributed by atoms with Crippen LogP contribution < -0.4 is 15.2 Å². The van der Waals surface area contributed by atoms with Gasteiger partial charge in [-0.05, 0) is 32.4 Å². The third kappa shape index (κ3) is 2.89. The predicted molar refractivity (Wildman–Crippen MR) is 66.0 cm³/mol. The average molecular weight is 223 g/mol. The smallest absolute Gasteiger partial charge is 0.128 e. The molecule has 0 aromatic heterocycles. The third-order valence-electron chi connectivity index (χ3n) is 2.60. The summed E-state index contributed by atoms with van der Waals surface area (Å²) in [5.74, 6) is 1.61. The summed E-state index contributed by atoms with van der Waals surface area (Å²) in [6.45, 7) is 6.07. The van der Waals surface area contributed by atoms with Crippen molar-refractivity contribution in [1.82, 2.24) is 0 Å². The van der Waals surface area contributed by atoms with Gasteiger partial charge in [0.2, 0.25) is 0 Å². The van der Waals surface area contributed by atoms with Crippen molar-refractivity contribution in [3.05, 3.63) is 23.8 Å². The second-order valence-electron chi connectivity index (χ2n) is 4.00. The molecule has 0 saturated carbocycles. The fraction of sp³-hybridized carbons (Fsp3) is 0.538. The van der Waals surface area contributed by atoms with Gasteiger partial charge in [0, 0.05) is 6.04 Å². The number of hydrogen-bond acceptors (Lipinski definition) is 3. The zero-order valence-electron chi connectivity index (χ0n) is 10.5. The van der Waals surface area contributed by atoms with Gasteiger partial charge in [-0.1, -0.05) is 13.0 Å². The molecule has 2 N–H and O–H groups in total. The van der Waals surface area contributed by atoms with Gasteiger partial charge in [-0.2, -0.15) is 0 Å². The molecular formula is C13H21NO2. The van der Waals surface area contributed by atoms with Crippen molar-refractivity contribution in [3.63, 3.8) is 0 Å². The first-order valence-corrected chi connectivity index (χ1v) is 5.69. The van der Waals surface area contributed by atoms with Crippen LogP contribution in [0.1, 0.15) is 38.8 Å². The van der Waals surface area contributed by atoms with E-state index in [1.54, 1.807) is 7.11 Å². The van der Waals surface area contributed by atoms with E-state index in [1.165, 1.54) is 0 Å². The molecule has 1 unspecified atom stereocenters. The summed E-state index contributed by atoms with van der Waals surface area (Å²) in [5.41, 5.74) is 6.88. The molecule has 0 bridgehead atoms. The van der Waals surface area contributed by atoms with Crippen LogP contribution in [0.2, 0.25) is 0 Å². The van der Waals surface area contributed by atoms with Crippen molar-refractivity contribution in [2.45, 2.75) is 39.3 Å². The minimum atomic E-state index is -0.102. The van der Waals surface area contributed by atoms with Gasteiger partial charge in [0.05, 0.1) is 18.8 Å². The maximum absolute atomic E-state index is 5.95. The second-order valence-corrected chi connectivity index (χ2v) is 4.00. The van der Waals surface area contributed by atoms with Crippen molar-refractivity contribution in [1.29, 1.82) is 0 Å². The molecule has 0 saturated heterocycles. The lowest BCUT2D eigenvalue weighted by Crippen LogP contribution is -2.15. The lowest BCUT2D eigenvalue weighted by Gasteiger charge is -2.20. The van der Waals surface area contributed by atoms with Crippen molar-refractivity contribution >= 4 is 0 Å². The number of hydrogen-bond donors (Lipinski definition) is 1. The molecule has 1 aromatic carbocycles. The van der Waals surface area contributed by atoms with Crippen LogP contribution in [-0.2, 0) is 0 Å². The molecule has 90 valence electrons. The average Bonchev–Trinajstić information content (AvgIpc) is 2.28. The summed E-state index contributed by atoms with van der Waals surface area (Å²) in [6, 6.07) is 5.66. The standard InChI is InChI=1S/C13H21NO2/c1-5-9(2)16-12-8-6-7-11(15-4)13(12)10(3)14/h6-10H,5,14H2,1-4H3/t9?,10-/m0/s1. The Balaban J connectivity index is 3.07. The van der Waals surface area contributed by atoms with Gasteiger partial charge >= 0.3 is 0 Å². The highest BCUT2D eigenvalue weighted by molar-refractivity contribution is 5.46. The molecular weight excluding hydrogens is 202 g/mol. The number of methoxy groups -OCH3 is 1. The summed E-state index contributed by atoms with van der Waals surface area (Å²) in [6.07, 6.45) is 1.15. The van der Waals surface area contributed by atoms with Crippen LogP contribution in [0.5, 0.6) is 11.5 Å². The van der Waals surface area contributed by atoms with E-state index in [4.69, 9.17) is 15.2 Å². The topological polar surface area (TPSA) is 44.5 Å². The molecule has 3 heteroatoms. The minimum absolute atomic E-state index is 0.102. The molecule has 0 radical (unpaired) electrons. The highest BCUT2D eigenvalue weighted by Gasteiger charge is 2.15. The molecule has 0 aliphatic rings. The summed E-state index contributed by atoms with van der Waals surface area (Å²) in [5, 5.41) is 0. The molecule has 0 heterocycles. The molecule has 0 spiro atoms. The van der Waals surface area contributed by atoms with Crippen LogP contribution in [0.15, 0.2) is 18.2 Å². The summed E-state index contributed by atoms with van der Waals surface area (Å²) < 4.78 is 11.1. The molecule has 0 amide bonds. The van der Waals surface area contributed by atoms with Crippen LogP contribution in [0.3, 0.4) is 0 Å². The number of nitrogens with two attached hydrogens (primary N) is 1. The van der Waals surface area contributed by atoms with Crippen LogP contribution in [-0.4, -0.2) is 13.2 Å². The molecule has 0 aliphatic heterocycles. The van der Waals surface area contributed by atoms with Gasteiger partial charge in [0.15, 0.2) is 0 Å². The molecule has 2 atom stereocenters. The highest BCUT2D eigenvalue weighted by atomic mass is 16.5. The number of benzene rings is 1. The molecule has 1 rings (SSSR count). The lowest BCUT2D eigenvalue weighted by molar-refractivity contribution is 0.213. The van der Waals surface area contributed by atoms with Crippen LogP contribution >= 0.6 is 0 Å². The van der Waals surface area contributed by atoms with Crippen LogP contribution in [0.25, 0.3) is 0 Å². The summed E-state index contributed by atoms with van der Waals surface area (Å²) in [7, 11) is 1.65. The second kappa shape index (κ2) is 5.75. The molecule has 0 fully saturated rings. The van der Waals surface area contributed by atoms with E-state index < -0.39 is 0 Å². The Labute approximate surface area is 97.6 Å². The zero-order valence-corrected chi connectivity index (χ0v) is 10.5. The quantitative estimate of drug-likeness (QED) is 0.834. The zero-order chi connectivity index (χ0) is 12.1. The van der Waals surface area contributed by atoms with E-state index in [9.17, 15) is 0 Å². The fourth-order valence-electron chi connectivity index (χ4n) is 1.55. The van der Waals surface area contributed by atoms with Gasteiger partial charge in [0.25, 0.3) is 0 Å². The Morgan fingerprint density at radius 1 is 1.25 bits per heavy atom. The van der Waals surface area contributed by atoms with Crippen molar-refractivity contribution in [2.24, 2.45) is 5.73 Å². The van der Waals surface area contributed by atoms with Crippen molar-refractivity contribution in [3.8, 4) is 11.5 Å². The van der Waals surface area contributed by atoms with Gasteiger partial charge < -0.3 is 15.2 Å². The Morgan fingerprint density at radius 3 is 2.38 bits per heavy atom. The SMILES string of the molecule is CCC(C)Oc1cccc(OC)c1[C@H](C)N. The largest absolute Gasteiger partial charge is 0.496 e. The summed E-state index contributed by atoms with van der Waals surface area (Å²) >= 11 is 0. The van der Waals surface area contributed by atoms with E-state index in [0.717, 1.165) is 23.5 Å². The highest BCUT2D eigenvalue weighted by Crippen LogP contribution is 2.33. The van der Waals surface area contributed by atoms with Crippen LogP contribution in [0.4, 0.5) is 0 Å². The van der Waals surface area contributed by atoms with Crippen molar-refractivity contribution < 1.29 is 9.47 Å². The first-order chi connectivity index (χ1) is 7.60.